The smallest absolute Gasteiger partial charge is 0.224 e. The van der Waals surface area contributed by atoms with Crippen LogP contribution in [0.1, 0.15) is 29.2 Å². The van der Waals surface area contributed by atoms with E-state index >= 15 is 0 Å². The molecule has 0 aliphatic carbocycles. The lowest BCUT2D eigenvalue weighted by atomic mass is 10.0. The Balaban J connectivity index is 0.000000458. The average Bonchev–Trinajstić information content (AvgIpc) is 2.59. The third-order valence-electron chi connectivity index (χ3n) is 3.47. The lowest BCUT2D eigenvalue weighted by Gasteiger charge is -2.08. The summed E-state index contributed by atoms with van der Waals surface area (Å²) >= 11 is 18.0. The Morgan fingerprint density at radius 2 is 1.42 bits per heavy atom. The third-order valence-corrected chi connectivity index (χ3v) is 5.61. The number of aliphatic hydroxyl groups is 1. The fourth-order valence-electron chi connectivity index (χ4n) is 1.99. The molecule has 0 radical (unpaired) electrons. The zero-order valence-corrected chi connectivity index (χ0v) is 20.0. The first-order valence-corrected chi connectivity index (χ1v) is 10.4. The molecule has 0 spiro atoms. The van der Waals surface area contributed by atoms with Gasteiger partial charge in [0.05, 0.1) is 0 Å². The van der Waals surface area contributed by atoms with Crippen LogP contribution in [-0.4, -0.2) is 17.5 Å². The quantitative estimate of drug-likeness (QED) is 0.351. The summed E-state index contributed by atoms with van der Waals surface area (Å²) in [4.78, 5) is 10.9. The van der Waals surface area contributed by atoms with E-state index in [1.54, 1.807) is 0 Å². The van der Waals surface area contributed by atoms with E-state index in [-0.39, 0.29) is 11.2 Å². The molecule has 2 aromatic rings. The number of halogens is 4. The Hall–Kier alpha value is -0.390. The van der Waals surface area contributed by atoms with Gasteiger partial charge in [-0.25, -0.2) is 0 Å². The zero-order valence-electron chi connectivity index (χ0n) is 15.3. The number of carbonyl (C=O) groups excluding carboxylic acids is 1. The Morgan fingerprint density at radius 3 is 1.77 bits per heavy atom. The zero-order chi connectivity index (χ0) is 20.3. The standard InChI is InChI=1S/C11H12BrClO.C8H8BrCl.CH4O/c1-7-3-4-9(10(12)5-7)6-8(2)11(13)14;1-6-2-3-7(5-10)8(9)4-6;1-2/h3-5,8H,6H2,1-2H3;2-4H,5H2,1H3;2H,1H3. The van der Waals surface area contributed by atoms with Crippen LogP contribution < -0.4 is 0 Å². The first-order valence-electron chi connectivity index (χ1n) is 7.94. The molecular weight excluding hydrogens is 503 g/mol. The van der Waals surface area contributed by atoms with Crippen molar-refractivity contribution in [1.29, 1.82) is 0 Å². The number of aliphatic hydroxyl groups excluding tert-OH is 1. The molecule has 6 heteroatoms. The van der Waals surface area contributed by atoms with E-state index in [9.17, 15) is 4.79 Å². The van der Waals surface area contributed by atoms with Gasteiger partial charge in [-0.1, -0.05) is 63.0 Å². The fraction of sp³-hybridized carbons (Fsp3) is 0.350. The monoisotopic (exact) mass is 524 g/mol. The largest absolute Gasteiger partial charge is 0.400 e. The summed E-state index contributed by atoms with van der Waals surface area (Å²) < 4.78 is 2.14. The van der Waals surface area contributed by atoms with Crippen molar-refractivity contribution in [2.45, 2.75) is 33.1 Å². The number of carbonyl (C=O) groups is 1. The summed E-state index contributed by atoms with van der Waals surface area (Å²) in [5.41, 5.74) is 4.72. The van der Waals surface area contributed by atoms with Crippen LogP contribution in [0.2, 0.25) is 0 Å². The second-order valence-electron chi connectivity index (χ2n) is 5.73. The van der Waals surface area contributed by atoms with Gasteiger partial charge < -0.3 is 5.11 Å². The average molecular weight is 527 g/mol. The summed E-state index contributed by atoms with van der Waals surface area (Å²) in [6.45, 7) is 5.93. The topological polar surface area (TPSA) is 37.3 Å². The molecule has 0 bridgehead atoms. The molecule has 0 heterocycles. The molecule has 0 amide bonds. The summed E-state index contributed by atoms with van der Waals surface area (Å²) in [7, 11) is 1.00. The van der Waals surface area contributed by atoms with Crippen LogP contribution in [0.3, 0.4) is 0 Å². The molecule has 2 aromatic carbocycles. The van der Waals surface area contributed by atoms with Gasteiger partial charge in [0.2, 0.25) is 5.24 Å². The van der Waals surface area contributed by atoms with Crippen LogP contribution in [-0.2, 0) is 17.1 Å². The molecule has 0 aliphatic heterocycles. The maximum atomic E-state index is 10.9. The molecule has 0 fully saturated rings. The normalized spacial score (nSPS) is 10.8. The van der Waals surface area contributed by atoms with Crippen molar-refractivity contribution >= 4 is 60.3 Å². The van der Waals surface area contributed by atoms with Gasteiger partial charge in [0.25, 0.3) is 0 Å². The highest BCUT2D eigenvalue weighted by Gasteiger charge is 2.12. The Labute approximate surface area is 183 Å². The highest BCUT2D eigenvalue weighted by Crippen LogP contribution is 2.22. The maximum Gasteiger partial charge on any atom is 0.224 e. The number of hydrogen-bond donors (Lipinski definition) is 1. The second kappa shape index (κ2) is 13.7. The molecule has 0 aromatic heterocycles. The molecule has 1 N–H and O–H groups in total. The van der Waals surface area contributed by atoms with Crippen molar-refractivity contribution in [3.05, 3.63) is 67.6 Å². The van der Waals surface area contributed by atoms with E-state index < -0.39 is 0 Å². The third kappa shape index (κ3) is 9.52. The molecule has 1 atom stereocenters. The fourth-order valence-corrected chi connectivity index (χ4v) is 3.75. The van der Waals surface area contributed by atoms with Crippen LogP contribution in [0.25, 0.3) is 0 Å². The van der Waals surface area contributed by atoms with Crippen molar-refractivity contribution < 1.29 is 9.90 Å². The molecule has 144 valence electrons. The van der Waals surface area contributed by atoms with Gasteiger partial charge in [-0.2, -0.15) is 0 Å². The van der Waals surface area contributed by atoms with Gasteiger partial charge in [0.15, 0.2) is 0 Å². The van der Waals surface area contributed by atoms with E-state index in [2.05, 4.69) is 50.9 Å². The highest BCUT2D eigenvalue weighted by molar-refractivity contribution is 9.10. The molecule has 26 heavy (non-hydrogen) atoms. The first-order chi connectivity index (χ1) is 12.2. The number of aryl methyl sites for hydroxylation is 2. The van der Waals surface area contributed by atoms with Gasteiger partial charge in [-0.3, -0.25) is 4.79 Å². The number of benzene rings is 2. The summed E-state index contributed by atoms with van der Waals surface area (Å²) in [5.74, 6) is 0.441. The Bertz CT molecular complexity index is 706. The lowest BCUT2D eigenvalue weighted by Crippen LogP contribution is -2.07. The van der Waals surface area contributed by atoms with E-state index in [0.29, 0.717) is 12.3 Å². The highest BCUT2D eigenvalue weighted by atomic mass is 79.9. The van der Waals surface area contributed by atoms with E-state index in [1.807, 2.05) is 38.1 Å². The van der Waals surface area contributed by atoms with Gasteiger partial charge in [-0.15, -0.1) is 11.6 Å². The van der Waals surface area contributed by atoms with Crippen LogP contribution in [0.5, 0.6) is 0 Å². The summed E-state index contributed by atoms with van der Waals surface area (Å²) in [6.07, 6.45) is 0.684. The van der Waals surface area contributed by atoms with Crippen molar-refractivity contribution in [3.63, 3.8) is 0 Å². The molecule has 0 saturated heterocycles. The van der Waals surface area contributed by atoms with Crippen LogP contribution in [0.15, 0.2) is 45.3 Å². The van der Waals surface area contributed by atoms with Gasteiger partial charge in [-0.05, 0) is 66.3 Å². The molecule has 0 aliphatic rings. The van der Waals surface area contributed by atoms with Gasteiger partial charge in [0.1, 0.15) is 0 Å². The molecular formula is C20H24Br2Cl2O2. The summed E-state index contributed by atoms with van der Waals surface area (Å²) in [5, 5.41) is 6.72. The minimum Gasteiger partial charge on any atom is -0.400 e. The number of hydrogen-bond acceptors (Lipinski definition) is 2. The van der Waals surface area contributed by atoms with Crippen molar-refractivity contribution in [1.82, 2.24) is 0 Å². The first kappa shape index (κ1) is 25.6. The van der Waals surface area contributed by atoms with Gasteiger partial charge >= 0.3 is 0 Å². The van der Waals surface area contributed by atoms with Crippen LogP contribution in [0.4, 0.5) is 0 Å². The van der Waals surface area contributed by atoms with E-state index in [0.717, 1.165) is 27.2 Å². The molecule has 2 rings (SSSR count). The van der Waals surface area contributed by atoms with Crippen molar-refractivity contribution in [2.75, 3.05) is 7.11 Å². The second-order valence-corrected chi connectivity index (χ2v) is 8.08. The Kier molecular flexibility index (Phi) is 13.5. The van der Waals surface area contributed by atoms with Crippen LogP contribution in [0, 0.1) is 19.8 Å². The van der Waals surface area contributed by atoms with Gasteiger partial charge in [0, 0.05) is 27.9 Å². The maximum absolute atomic E-state index is 10.9. The minimum atomic E-state index is -0.280. The Morgan fingerprint density at radius 1 is 1.00 bits per heavy atom. The molecule has 2 nitrogen and oxygen atoms in total. The van der Waals surface area contributed by atoms with Crippen molar-refractivity contribution in [2.24, 2.45) is 5.92 Å². The SMILES string of the molecule is CO.Cc1ccc(CC(C)C(=O)Cl)c(Br)c1.Cc1ccc(CCl)c(Br)c1. The van der Waals surface area contributed by atoms with Crippen LogP contribution >= 0.6 is 55.1 Å². The molecule has 1 unspecified atom stereocenters. The number of rotatable bonds is 4. The van der Waals surface area contributed by atoms with E-state index in [1.165, 1.54) is 11.1 Å². The molecule has 0 saturated carbocycles. The van der Waals surface area contributed by atoms with E-state index in [4.69, 9.17) is 28.3 Å². The minimum absolute atomic E-state index is 0.129. The predicted octanol–water partition coefficient (Wildman–Crippen LogP) is 6.81. The summed E-state index contributed by atoms with van der Waals surface area (Å²) in [6, 6.07) is 12.3. The lowest BCUT2D eigenvalue weighted by molar-refractivity contribution is -0.114. The predicted molar refractivity (Wildman–Crippen MR) is 119 cm³/mol. The number of alkyl halides is 1. The van der Waals surface area contributed by atoms with Crippen molar-refractivity contribution in [3.8, 4) is 0 Å².